The fourth-order valence-electron chi connectivity index (χ4n) is 1.92. The van der Waals surface area contributed by atoms with Crippen LogP contribution in [-0.2, 0) is 6.18 Å². The van der Waals surface area contributed by atoms with Crippen molar-refractivity contribution in [2.75, 3.05) is 18.0 Å². The van der Waals surface area contributed by atoms with Crippen LogP contribution in [0.2, 0.25) is 0 Å². The molecule has 0 unspecified atom stereocenters. The third kappa shape index (κ3) is 1.69. The summed E-state index contributed by atoms with van der Waals surface area (Å²) in [6.45, 7) is 0.748. The molecule has 0 radical (unpaired) electrons. The van der Waals surface area contributed by atoms with Crippen molar-refractivity contribution in [1.82, 2.24) is 14.6 Å². The molecule has 18 heavy (non-hydrogen) atoms. The number of anilines is 1. The molecule has 0 saturated carbocycles. The first-order valence-corrected chi connectivity index (χ1v) is 5.30. The molecule has 0 atom stereocenters. The first kappa shape index (κ1) is 11.3. The number of β-amino-alcohol motifs (C(OH)–C–C–N with tert-alkyl or cyclic N) is 1. The maximum Gasteiger partial charge on any atom is 0.435 e. The first-order chi connectivity index (χ1) is 8.45. The van der Waals surface area contributed by atoms with Crippen LogP contribution in [0.1, 0.15) is 5.69 Å². The van der Waals surface area contributed by atoms with Crippen molar-refractivity contribution in [3.8, 4) is 0 Å². The Hall–Kier alpha value is -1.83. The van der Waals surface area contributed by atoms with E-state index < -0.39 is 18.0 Å². The van der Waals surface area contributed by atoms with Crippen molar-refractivity contribution in [1.29, 1.82) is 0 Å². The Morgan fingerprint density at radius 3 is 2.67 bits per heavy atom. The third-order valence-corrected chi connectivity index (χ3v) is 2.82. The van der Waals surface area contributed by atoms with Crippen LogP contribution in [0.15, 0.2) is 18.5 Å². The number of hydrogen-bond donors (Lipinski definition) is 1. The minimum absolute atomic E-state index is 0.289. The number of aromatic nitrogens is 3. The largest absolute Gasteiger partial charge is 0.435 e. The Bertz CT molecular complexity index is 588. The summed E-state index contributed by atoms with van der Waals surface area (Å²) in [4.78, 5) is 5.76. The number of halogens is 3. The summed E-state index contributed by atoms with van der Waals surface area (Å²) in [6, 6.07) is 0.965. The molecule has 0 amide bonds. The fraction of sp³-hybridized carbons (Fsp3) is 0.400. The van der Waals surface area contributed by atoms with Gasteiger partial charge in [-0.2, -0.15) is 18.3 Å². The van der Waals surface area contributed by atoms with Gasteiger partial charge >= 0.3 is 6.18 Å². The monoisotopic (exact) mass is 258 g/mol. The summed E-state index contributed by atoms with van der Waals surface area (Å²) < 4.78 is 38.8. The molecular weight excluding hydrogens is 249 g/mol. The lowest BCUT2D eigenvalue weighted by Gasteiger charge is -2.36. The number of nitrogens with zero attached hydrogens (tertiary/aromatic N) is 4. The molecule has 2 aromatic rings. The zero-order chi connectivity index (χ0) is 12.9. The smallest absolute Gasteiger partial charge is 0.389 e. The summed E-state index contributed by atoms with van der Waals surface area (Å²) in [7, 11) is 0. The van der Waals surface area contributed by atoms with Gasteiger partial charge < -0.3 is 10.0 Å². The molecule has 1 aliphatic rings. The summed E-state index contributed by atoms with van der Waals surface area (Å²) in [6.07, 6.45) is -2.17. The Labute approximate surface area is 99.5 Å². The normalized spacial score (nSPS) is 17.2. The Balaban J connectivity index is 2.07. The van der Waals surface area contributed by atoms with Crippen molar-refractivity contribution in [2.45, 2.75) is 12.3 Å². The van der Waals surface area contributed by atoms with Gasteiger partial charge in [-0.25, -0.2) is 9.50 Å². The highest BCUT2D eigenvalue weighted by Gasteiger charge is 2.35. The number of aliphatic hydroxyl groups is 1. The van der Waals surface area contributed by atoms with Gasteiger partial charge in [0.1, 0.15) is 5.52 Å². The van der Waals surface area contributed by atoms with Crippen molar-refractivity contribution in [2.24, 2.45) is 0 Å². The van der Waals surface area contributed by atoms with E-state index in [0.29, 0.717) is 18.9 Å². The molecule has 8 heteroatoms. The number of alkyl halides is 3. The van der Waals surface area contributed by atoms with Gasteiger partial charge in [0.25, 0.3) is 0 Å². The van der Waals surface area contributed by atoms with E-state index in [1.54, 1.807) is 4.90 Å². The molecule has 3 heterocycles. The zero-order valence-corrected chi connectivity index (χ0v) is 9.09. The van der Waals surface area contributed by atoms with E-state index in [9.17, 15) is 18.3 Å². The average Bonchev–Trinajstić information content (AvgIpc) is 2.68. The average molecular weight is 258 g/mol. The van der Waals surface area contributed by atoms with Crippen molar-refractivity contribution >= 4 is 11.3 Å². The molecule has 1 saturated heterocycles. The number of hydrogen-bond acceptors (Lipinski definition) is 4. The van der Waals surface area contributed by atoms with Gasteiger partial charge in [-0.1, -0.05) is 0 Å². The van der Waals surface area contributed by atoms with Gasteiger partial charge in [-0.05, 0) is 0 Å². The molecule has 5 nitrogen and oxygen atoms in total. The Kier molecular flexibility index (Phi) is 2.24. The van der Waals surface area contributed by atoms with Crippen molar-refractivity contribution < 1.29 is 18.3 Å². The molecule has 1 N–H and O–H groups in total. The van der Waals surface area contributed by atoms with Crippen molar-refractivity contribution in [3.63, 3.8) is 0 Å². The predicted octanol–water partition coefficient (Wildman–Crippen LogP) is 0.929. The summed E-state index contributed by atoms with van der Waals surface area (Å²) in [5.74, 6) is 0.408. The van der Waals surface area contributed by atoms with Gasteiger partial charge in [-0.3, -0.25) is 0 Å². The molecular formula is C10H9F3N4O. The second kappa shape index (κ2) is 3.58. The minimum Gasteiger partial charge on any atom is -0.389 e. The van der Waals surface area contributed by atoms with Crippen molar-refractivity contribution in [3.05, 3.63) is 24.2 Å². The summed E-state index contributed by atoms with van der Waals surface area (Å²) in [5, 5.41) is 12.7. The van der Waals surface area contributed by atoms with Gasteiger partial charge in [0.15, 0.2) is 11.5 Å². The lowest BCUT2D eigenvalue weighted by Crippen LogP contribution is -2.51. The number of rotatable bonds is 1. The van der Waals surface area contributed by atoms with E-state index >= 15 is 0 Å². The molecule has 2 aromatic heterocycles. The number of aliphatic hydroxyl groups excluding tert-OH is 1. The van der Waals surface area contributed by atoms with Crippen LogP contribution in [0.4, 0.5) is 19.0 Å². The number of fused-ring (bicyclic) bond motifs is 1. The van der Waals surface area contributed by atoms with Crippen LogP contribution in [0, 0.1) is 0 Å². The molecule has 0 aliphatic carbocycles. The van der Waals surface area contributed by atoms with E-state index in [2.05, 4.69) is 10.1 Å². The van der Waals surface area contributed by atoms with E-state index in [0.717, 1.165) is 10.6 Å². The Morgan fingerprint density at radius 1 is 1.33 bits per heavy atom. The van der Waals surface area contributed by atoms with Crippen LogP contribution < -0.4 is 4.90 Å². The van der Waals surface area contributed by atoms with E-state index in [1.165, 1.54) is 12.4 Å². The van der Waals surface area contributed by atoms with Gasteiger partial charge in [0.05, 0.1) is 6.10 Å². The predicted molar refractivity (Wildman–Crippen MR) is 56.2 cm³/mol. The lowest BCUT2D eigenvalue weighted by molar-refractivity contribution is -0.141. The third-order valence-electron chi connectivity index (χ3n) is 2.82. The van der Waals surface area contributed by atoms with E-state index in [1.807, 2.05) is 0 Å². The highest BCUT2D eigenvalue weighted by Crippen LogP contribution is 2.31. The zero-order valence-electron chi connectivity index (χ0n) is 9.09. The first-order valence-electron chi connectivity index (χ1n) is 5.30. The van der Waals surface area contributed by atoms with Gasteiger partial charge in [-0.15, -0.1) is 0 Å². The van der Waals surface area contributed by atoms with Crippen LogP contribution in [0.5, 0.6) is 0 Å². The fourth-order valence-corrected chi connectivity index (χ4v) is 1.92. The SMILES string of the molecule is OC1CN(c2nccn3nc(C(F)(F)F)cc23)C1. The summed E-state index contributed by atoms with van der Waals surface area (Å²) in [5.41, 5.74) is -0.658. The molecule has 0 spiro atoms. The minimum atomic E-state index is -4.47. The molecule has 1 fully saturated rings. The quantitative estimate of drug-likeness (QED) is 0.826. The standard InChI is InChI=1S/C10H9F3N4O/c11-10(12,13)8-3-7-9(16-4-6(18)5-16)14-1-2-17(7)15-8/h1-3,6,18H,4-5H2. The van der Waals surface area contributed by atoms with Crippen LogP contribution in [0.3, 0.4) is 0 Å². The van der Waals surface area contributed by atoms with Crippen LogP contribution >= 0.6 is 0 Å². The van der Waals surface area contributed by atoms with E-state index in [-0.39, 0.29) is 5.52 Å². The Morgan fingerprint density at radius 2 is 2.06 bits per heavy atom. The molecule has 3 rings (SSSR count). The highest BCUT2D eigenvalue weighted by atomic mass is 19.4. The lowest BCUT2D eigenvalue weighted by atomic mass is 10.1. The topological polar surface area (TPSA) is 53.7 Å². The van der Waals surface area contributed by atoms with Crippen LogP contribution in [0.25, 0.3) is 5.52 Å². The second-order valence-corrected chi connectivity index (χ2v) is 4.17. The van der Waals surface area contributed by atoms with Gasteiger partial charge in [0, 0.05) is 31.5 Å². The molecule has 96 valence electrons. The maximum absolute atomic E-state index is 12.6. The molecule has 1 aliphatic heterocycles. The highest BCUT2D eigenvalue weighted by molar-refractivity contribution is 5.70. The maximum atomic E-state index is 12.6. The van der Waals surface area contributed by atoms with Gasteiger partial charge in [0.2, 0.25) is 0 Å². The molecule has 0 bridgehead atoms. The second-order valence-electron chi connectivity index (χ2n) is 4.17. The van der Waals surface area contributed by atoms with Crippen LogP contribution in [-0.4, -0.2) is 38.9 Å². The molecule has 0 aromatic carbocycles. The van der Waals surface area contributed by atoms with E-state index in [4.69, 9.17) is 0 Å². The summed E-state index contributed by atoms with van der Waals surface area (Å²) >= 11 is 0.